The molecule has 0 aromatic heterocycles. The third kappa shape index (κ3) is 10.0. The summed E-state index contributed by atoms with van der Waals surface area (Å²) in [6.07, 6.45) is 14.9. The molecule has 0 amide bonds. The lowest BCUT2D eigenvalue weighted by atomic mass is 9.89. The minimum absolute atomic E-state index is 0.0884. The van der Waals surface area contributed by atoms with Crippen molar-refractivity contribution in [2.45, 2.75) is 97.0 Å². The van der Waals surface area contributed by atoms with E-state index in [9.17, 15) is 14.4 Å². The number of hydrogen-bond acceptors (Lipinski definition) is 5. The maximum absolute atomic E-state index is 12.3. The van der Waals surface area contributed by atoms with Crippen molar-refractivity contribution in [3.05, 3.63) is 12.2 Å². The summed E-state index contributed by atoms with van der Waals surface area (Å²) in [4.78, 5) is 34.7. The van der Waals surface area contributed by atoms with Crippen molar-refractivity contribution in [3.63, 3.8) is 0 Å². The van der Waals surface area contributed by atoms with Gasteiger partial charge in [-0.3, -0.25) is 14.4 Å². The first-order valence-corrected chi connectivity index (χ1v) is 10.9. The summed E-state index contributed by atoms with van der Waals surface area (Å²) in [6, 6.07) is 0. The minimum atomic E-state index is -0.253. The van der Waals surface area contributed by atoms with E-state index in [0.29, 0.717) is 18.6 Å². The Balaban J connectivity index is 2.44. The normalized spacial score (nSPS) is 20.5. The number of ether oxygens (including phenoxy) is 2. The van der Waals surface area contributed by atoms with Gasteiger partial charge in [0, 0.05) is 25.7 Å². The minimum Gasteiger partial charge on any atom is -0.469 e. The maximum atomic E-state index is 12.3. The van der Waals surface area contributed by atoms with E-state index in [1.54, 1.807) is 0 Å². The van der Waals surface area contributed by atoms with E-state index in [2.05, 4.69) is 17.7 Å². The van der Waals surface area contributed by atoms with Crippen LogP contribution in [0.4, 0.5) is 0 Å². The zero-order valence-electron chi connectivity index (χ0n) is 17.9. The van der Waals surface area contributed by atoms with Crippen LogP contribution in [0, 0.1) is 11.8 Å². The zero-order valence-corrected chi connectivity index (χ0v) is 17.9. The Morgan fingerprint density at radius 3 is 2.57 bits per heavy atom. The van der Waals surface area contributed by atoms with Crippen LogP contribution in [0.25, 0.3) is 0 Å². The van der Waals surface area contributed by atoms with Crippen LogP contribution in [0.3, 0.4) is 0 Å². The molecule has 3 atom stereocenters. The van der Waals surface area contributed by atoms with Crippen LogP contribution < -0.4 is 0 Å². The number of ketones is 1. The van der Waals surface area contributed by atoms with E-state index in [1.165, 1.54) is 14.0 Å². The first-order chi connectivity index (χ1) is 13.5. The largest absolute Gasteiger partial charge is 0.469 e. The Morgan fingerprint density at radius 2 is 1.89 bits per heavy atom. The number of carbonyl (C=O) groups excluding carboxylic acids is 3. The van der Waals surface area contributed by atoms with Crippen LogP contribution in [-0.2, 0) is 23.9 Å². The molecule has 1 aliphatic carbocycles. The van der Waals surface area contributed by atoms with Crippen LogP contribution in [0.1, 0.15) is 90.9 Å². The fourth-order valence-electron chi connectivity index (χ4n) is 3.90. The number of allylic oxidation sites excluding steroid dienone is 1. The monoisotopic (exact) mass is 394 g/mol. The predicted octanol–water partition coefficient (Wildman–Crippen LogP) is 5.16. The van der Waals surface area contributed by atoms with Crippen LogP contribution in [0.5, 0.6) is 0 Å². The van der Waals surface area contributed by atoms with Gasteiger partial charge in [-0.15, -0.1) is 0 Å². The lowest BCUT2D eigenvalue weighted by Gasteiger charge is -2.17. The predicted molar refractivity (Wildman–Crippen MR) is 110 cm³/mol. The average molecular weight is 395 g/mol. The molecule has 0 N–H and O–H groups in total. The van der Waals surface area contributed by atoms with Gasteiger partial charge in [0.05, 0.1) is 7.11 Å². The third-order valence-electron chi connectivity index (χ3n) is 5.51. The topological polar surface area (TPSA) is 69.7 Å². The van der Waals surface area contributed by atoms with Gasteiger partial charge in [-0.1, -0.05) is 45.1 Å². The Morgan fingerprint density at radius 1 is 1.14 bits per heavy atom. The molecule has 0 aliphatic heterocycles. The smallest absolute Gasteiger partial charge is 0.305 e. The van der Waals surface area contributed by atoms with Crippen LogP contribution in [0.15, 0.2) is 12.2 Å². The van der Waals surface area contributed by atoms with Crippen LogP contribution >= 0.6 is 0 Å². The molecular weight excluding hydrogens is 356 g/mol. The lowest BCUT2D eigenvalue weighted by Crippen LogP contribution is -2.16. The fraction of sp³-hybridized carbons (Fsp3) is 0.783. The highest BCUT2D eigenvalue weighted by molar-refractivity contribution is 5.83. The van der Waals surface area contributed by atoms with Crippen molar-refractivity contribution in [3.8, 4) is 0 Å². The molecule has 0 saturated heterocycles. The molecule has 0 aromatic rings. The van der Waals surface area contributed by atoms with Crippen molar-refractivity contribution in [1.29, 1.82) is 0 Å². The summed E-state index contributed by atoms with van der Waals surface area (Å²) in [7, 11) is 1.41. The van der Waals surface area contributed by atoms with Gasteiger partial charge < -0.3 is 9.47 Å². The van der Waals surface area contributed by atoms with Crippen molar-refractivity contribution in [2.24, 2.45) is 11.8 Å². The van der Waals surface area contributed by atoms with E-state index in [0.717, 1.165) is 64.2 Å². The second kappa shape index (κ2) is 14.4. The summed E-state index contributed by atoms with van der Waals surface area (Å²) >= 11 is 0. The number of rotatable bonds is 14. The molecule has 5 heteroatoms. The fourth-order valence-corrected chi connectivity index (χ4v) is 3.90. The molecule has 1 unspecified atom stereocenters. The standard InChI is InChI=1S/C23H38O5/c1-4-5-8-11-20(28-18(2)24)16-14-19-15-17-22(25)21(19)12-9-6-7-10-13-23(26)27-3/h14,16,19-21H,4-13,15,17H2,1-3H3/t19-,20?,21+/m0/s1. The summed E-state index contributed by atoms with van der Waals surface area (Å²) in [5.41, 5.74) is 0. The van der Waals surface area contributed by atoms with Gasteiger partial charge in [-0.05, 0) is 44.1 Å². The van der Waals surface area contributed by atoms with Crippen molar-refractivity contribution in [2.75, 3.05) is 7.11 Å². The highest BCUT2D eigenvalue weighted by Crippen LogP contribution is 2.34. The molecule has 0 aromatic carbocycles. The quantitative estimate of drug-likeness (QED) is 0.231. The first-order valence-electron chi connectivity index (χ1n) is 10.9. The van der Waals surface area contributed by atoms with Crippen molar-refractivity contribution < 1.29 is 23.9 Å². The van der Waals surface area contributed by atoms with Gasteiger partial charge in [-0.25, -0.2) is 0 Å². The Hall–Kier alpha value is -1.65. The molecule has 0 radical (unpaired) electrons. The molecule has 0 heterocycles. The van der Waals surface area contributed by atoms with Gasteiger partial charge >= 0.3 is 11.9 Å². The maximum Gasteiger partial charge on any atom is 0.305 e. The van der Waals surface area contributed by atoms with E-state index in [1.807, 2.05) is 6.08 Å². The first kappa shape index (κ1) is 24.4. The Bertz CT molecular complexity index is 511. The molecule has 1 saturated carbocycles. The number of methoxy groups -OCH3 is 1. The van der Waals surface area contributed by atoms with E-state index in [4.69, 9.17) is 4.74 Å². The SMILES string of the molecule is CCCCCC(C=C[C@H]1CCC(=O)[C@@H]1CCCCCCC(=O)OC)OC(C)=O. The molecule has 0 bridgehead atoms. The molecule has 28 heavy (non-hydrogen) atoms. The van der Waals surface area contributed by atoms with E-state index in [-0.39, 0.29) is 29.9 Å². The Kier molecular flexibility index (Phi) is 12.5. The third-order valence-corrected chi connectivity index (χ3v) is 5.51. The molecule has 1 aliphatic rings. The summed E-state index contributed by atoms with van der Waals surface area (Å²) in [5, 5.41) is 0. The number of esters is 2. The van der Waals surface area contributed by atoms with E-state index >= 15 is 0 Å². The van der Waals surface area contributed by atoms with E-state index < -0.39 is 0 Å². The van der Waals surface area contributed by atoms with Gasteiger partial charge in [0.25, 0.3) is 0 Å². The number of hydrogen-bond donors (Lipinski definition) is 0. The second-order valence-electron chi connectivity index (χ2n) is 7.83. The molecule has 1 fully saturated rings. The highest BCUT2D eigenvalue weighted by Gasteiger charge is 2.32. The van der Waals surface area contributed by atoms with Gasteiger partial charge in [-0.2, -0.15) is 0 Å². The zero-order chi connectivity index (χ0) is 20.8. The second-order valence-corrected chi connectivity index (χ2v) is 7.83. The number of carbonyl (C=O) groups is 3. The molecule has 5 nitrogen and oxygen atoms in total. The van der Waals surface area contributed by atoms with Crippen molar-refractivity contribution in [1.82, 2.24) is 0 Å². The van der Waals surface area contributed by atoms with Crippen molar-refractivity contribution >= 4 is 17.7 Å². The highest BCUT2D eigenvalue weighted by atomic mass is 16.5. The molecule has 0 spiro atoms. The van der Waals surface area contributed by atoms with Crippen LogP contribution in [-0.4, -0.2) is 30.9 Å². The number of unbranched alkanes of at least 4 members (excludes halogenated alkanes) is 5. The Labute approximate surface area is 170 Å². The molecule has 160 valence electrons. The molecular formula is C23H38O5. The summed E-state index contributed by atoms with van der Waals surface area (Å²) in [5.74, 6) is 0.297. The van der Waals surface area contributed by atoms with Gasteiger partial charge in [0.2, 0.25) is 0 Å². The van der Waals surface area contributed by atoms with Crippen LogP contribution in [0.2, 0.25) is 0 Å². The molecule has 1 rings (SSSR count). The van der Waals surface area contributed by atoms with Gasteiger partial charge in [0.1, 0.15) is 11.9 Å². The average Bonchev–Trinajstić information content (AvgIpc) is 3.01. The lowest BCUT2D eigenvalue weighted by molar-refractivity contribution is -0.144. The van der Waals surface area contributed by atoms with Gasteiger partial charge in [0.15, 0.2) is 0 Å². The summed E-state index contributed by atoms with van der Waals surface area (Å²) in [6.45, 7) is 3.60. The summed E-state index contributed by atoms with van der Waals surface area (Å²) < 4.78 is 10.1. The number of Topliss-reactive ketones (excluding diaryl/α,β-unsaturated/α-hetero) is 1.